The molecule has 3 N–H and O–H groups in total. The third-order valence-electron chi connectivity index (χ3n) is 8.58. The molecule has 1 amide bonds. The number of ether oxygens (including phenoxy) is 1. The lowest BCUT2D eigenvalue weighted by molar-refractivity contribution is 0.0582. The molecule has 0 saturated carbocycles. The number of piperidine rings is 1. The second-order valence-electron chi connectivity index (χ2n) is 12.7. The molecule has 0 unspecified atom stereocenters. The lowest BCUT2D eigenvalue weighted by Crippen LogP contribution is -2.50. The molecule has 2 aliphatic heterocycles. The van der Waals surface area contributed by atoms with E-state index >= 15 is 0 Å². The summed E-state index contributed by atoms with van der Waals surface area (Å²) >= 11 is 0. The first-order valence-corrected chi connectivity index (χ1v) is 15.5. The van der Waals surface area contributed by atoms with Gasteiger partial charge in [0.05, 0.1) is 12.1 Å². The van der Waals surface area contributed by atoms with E-state index in [0.29, 0.717) is 24.4 Å². The number of anilines is 1. The van der Waals surface area contributed by atoms with E-state index in [0.717, 1.165) is 55.0 Å². The number of nitrogens with one attached hydrogen (secondary N) is 2. The molecule has 4 atom stereocenters. The molecule has 0 radical (unpaired) electrons. The van der Waals surface area contributed by atoms with Crippen molar-refractivity contribution < 1.29 is 14.6 Å². The van der Waals surface area contributed by atoms with Crippen LogP contribution >= 0.6 is 0 Å². The molecule has 5 rings (SSSR count). The zero-order chi connectivity index (χ0) is 29.7. The van der Waals surface area contributed by atoms with E-state index in [-0.39, 0.29) is 17.6 Å². The van der Waals surface area contributed by atoms with Gasteiger partial charge in [-0.1, -0.05) is 56.3 Å². The summed E-state index contributed by atoms with van der Waals surface area (Å²) in [6.07, 6.45) is 5.51. The molecule has 1 fully saturated rings. The number of carbonyl (C=O) groups is 1. The van der Waals surface area contributed by atoms with Crippen LogP contribution in [0.4, 0.5) is 5.82 Å². The first-order chi connectivity index (χ1) is 20.2. The molecule has 2 aliphatic rings. The fraction of sp³-hybridized carbons (Fsp3) is 0.486. The highest BCUT2D eigenvalue weighted by Crippen LogP contribution is 2.40. The van der Waals surface area contributed by atoms with Crippen LogP contribution in [0.25, 0.3) is 0 Å². The Morgan fingerprint density at radius 3 is 2.71 bits per heavy atom. The Labute approximate surface area is 250 Å². The normalized spacial score (nSPS) is 21.1. The molecule has 7 nitrogen and oxygen atoms in total. The third kappa shape index (κ3) is 7.50. The van der Waals surface area contributed by atoms with E-state index in [1.54, 1.807) is 12.3 Å². The standard InChI is InChI=1S/C35H46N4O3/c1-5-25-13-14-32-28(18-25)30(21-35(3,4)42-32)37-22-31(40)29(19-26-11-7-6-8-12-26)38-34(41)27-15-16-36-33(20-27)39-17-9-10-24(2)23-39/h6-8,11-16,18,20,24,29-31,37,40H,5,9-10,17,19,21-23H2,1-4H3,(H,38,41)/t24-,29-,30-,31-/m0/s1. The molecule has 0 spiro atoms. The Bertz CT molecular complexity index is 1350. The molecule has 1 saturated heterocycles. The summed E-state index contributed by atoms with van der Waals surface area (Å²) in [7, 11) is 0. The molecule has 0 aliphatic carbocycles. The SMILES string of the molecule is CCc1ccc2c(c1)[C@@H](NC[C@H](O)[C@H](Cc1ccccc1)NC(=O)c1ccnc(N3CCC[C@H](C)C3)c1)CC(C)(C)O2. The van der Waals surface area contributed by atoms with Crippen LogP contribution in [-0.4, -0.2) is 53.4 Å². The van der Waals surface area contributed by atoms with Crippen molar-refractivity contribution in [3.63, 3.8) is 0 Å². The molecule has 224 valence electrons. The second kappa shape index (κ2) is 13.3. The number of aromatic nitrogens is 1. The van der Waals surface area contributed by atoms with Gasteiger partial charge < -0.3 is 25.4 Å². The molecule has 42 heavy (non-hydrogen) atoms. The van der Waals surface area contributed by atoms with Crippen molar-refractivity contribution in [2.45, 2.75) is 83.6 Å². The molecule has 3 aromatic rings. The van der Waals surface area contributed by atoms with Gasteiger partial charge in [-0.2, -0.15) is 0 Å². The quantitative estimate of drug-likeness (QED) is 0.300. The number of aryl methyl sites for hydroxylation is 1. The van der Waals surface area contributed by atoms with Crippen LogP contribution in [0.3, 0.4) is 0 Å². The summed E-state index contributed by atoms with van der Waals surface area (Å²) in [4.78, 5) is 20.4. The number of rotatable bonds is 10. The summed E-state index contributed by atoms with van der Waals surface area (Å²) in [6, 6.07) is 19.6. The van der Waals surface area contributed by atoms with E-state index in [9.17, 15) is 9.90 Å². The maximum atomic E-state index is 13.6. The van der Waals surface area contributed by atoms with Crippen LogP contribution in [0, 0.1) is 5.92 Å². The highest BCUT2D eigenvalue weighted by Gasteiger charge is 2.34. The Hall–Kier alpha value is -3.42. The first-order valence-electron chi connectivity index (χ1n) is 15.5. The van der Waals surface area contributed by atoms with Crippen LogP contribution in [0.2, 0.25) is 0 Å². The number of benzene rings is 2. The second-order valence-corrected chi connectivity index (χ2v) is 12.7. The van der Waals surface area contributed by atoms with Crippen molar-refractivity contribution in [1.29, 1.82) is 0 Å². The molecular formula is C35H46N4O3. The van der Waals surface area contributed by atoms with Crippen molar-refractivity contribution >= 4 is 11.7 Å². The van der Waals surface area contributed by atoms with Crippen LogP contribution in [-0.2, 0) is 12.8 Å². The largest absolute Gasteiger partial charge is 0.487 e. The van der Waals surface area contributed by atoms with Gasteiger partial charge >= 0.3 is 0 Å². The van der Waals surface area contributed by atoms with Gasteiger partial charge in [0.25, 0.3) is 5.91 Å². The third-order valence-corrected chi connectivity index (χ3v) is 8.58. The number of aliphatic hydroxyl groups excluding tert-OH is 1. The summed E-state index contributed by atoms with van der Waals surface area (Å²) in [5.74, 6) is 2.14. The number of hydrogen-bond donors (Lipinski definition) is 3. The van der Waals surface area contributed by atoms with Crippen LogP contribution in [0.5, 0.6) is 5.75 Å². The van der Waals surface area contributed by atoms with Gasteiger partial charge in [-0.15, -0.1) is 0 Å². The van der Waals surface area contributed by atoms with E-state index in [4.69, 9.17) is 4.74 Å². The Morgan fingerprint density at radius 2 is 1.95 bits per heavy atom. The molecule has 7 heteroatoms. The molecule has 2 aromatic carbocycles. The Morgan fingerprint density at radius 1 is 1.14 bits per heavy atom. The Balaban J connectivity index is 1.31. The minimum absolute atomic E-state index is 0.0349. The average Bonchev–Trinajstić information content (AvgIpc) is 2.99. The van der Waals surface area contributed by atoms with Crippen LogP contribution in [0.1, 0.15) is 80.0 Å². The maximum absolute atomic E-state index is 13.6. The summed E-state index contributed by atoms with van der Waals surface area (Å²) in [5.41, 5.74) is 3.68. The van der Waals surface area contributed by atoms with Crippen LogP contribution < -0.4 is 20.3 Å². The van der Waals surface area contributed by atoms with E-state index in [1.807, 2.05) is 36.4 Å². The minimum Gasteiger partial charge on any atom is -0.487 e. The van der Waals surface area contributed by atoms with Gasteiger partial charge in [-0.25, -0.2) is 4.98 Å². The number of pyridine rings is 1. The Kier molecular flexibility index (Phi) is 9.49. The highest BCUT2D eigenvalue weighted by atomic mass is 16.5. The molecule has 1 aromatic heterocycles. The lowest BCUT2D eigenvalue weighted by atomic mass is 9.88. The monoisotopic (exact) mass is 570 g/mol. The van der Waals surface area contributed by atoms with Gasteiger partial charge in [-0.3, -0.25) is 4.79 Å². The fourth-order valence-electron chi connectivity index (χ4n) is 6.24. The molecular weight excluding hydrogens is 524 g/mol. The lowest BCUT2D eigenvalue weighted by Gasteiger charge is -2.39. The predicted octanol–water partition coefficient (Wildman–Crippen LogP) is 5.47. The minimum atomic E-state index is -0.804. The van der Waals surface area contributed by atoms with Crippen molar-refractivity contribution in [3.8, 4) is 5.75 Å². The maximum Gasteiger partial charge on any atom is 0.251 e. The average molecular weight is 571 g/mol. The van der Waals surface area contributed by atoms with Gasteiger partial charge in [-0.05, 0) is 74.8 Å². The summed E-state index contributed by atoms with van der Waals surface area (Å²) < 4.78 is 6.28. The fourth-order valence-corrected chi connectivity index (χ4v) is 6.24. The number of fused-ring (bicyclic) bond motifs is 1. The molecule has 3 heterocycles. The van der Waals surface area contributed by atoms with Crippen LogP contribution in [0.15, 0.2) is 66.9 Å². The highest BCUT2D eigenvalue weighted by molar-refractivity contribution is 5.95. The number of hydrogen-bond acceptors (Lipinski definition) is 6. The van der Waals surface area contributed by atoms with Crippen molar-refractivity contribution in [3.05, 3.63) is 89.1 Å². The summed E-state index contributed by atoms with van der Waals surface area (Å²) in [6.45, 7) is 10.8. The van der Waals surface area contributed by atoms with Crippen molar-refractivity contribution in [1.82, 2.24) is 15.6 Å². The predicted molar refractivity (Wildman–Crippen MR) is 168 cm³/mol. The smallest absolute Gasteiger partial charge is 0.251 e. The summed E-state index contributed by atoms with van der Waals surface area (Å²) in [5, 5.41) is 18.3. The first kappa shape index (κ1) is 30.1. The topological polar surface area (TPSA) is 86.7 Å². The van der Waals surface area contributed by atoms with E-state index in [1.165, 1.54) is 12.0 Å². The van der Waals surface area contributed by atoms with Crippen molar-refractivity contribution in [2.75, 3.05) is 24.5 Å². The van der Waals surface area contributed by atoms with Gasteiger partial charge in [0.1, 0.15) is 17.2 Å². The number of aliphatic hydroxyl groups is 1. The molecule has 0 bridgehead atoms. The zero-order valence-electron chi connectivity index (χ0n) is 25.5. The zero-order valence-corrected chi connectivity index (χ0v) is 25.5. The number of nitrogens with zero attached hydrogens (tertiary/aromatic N) is 2. The van der Waals surface area contributed by atoms with E-state index < -0.39 is 12.1 Å². The van der Waals surface area contributed by atoms with Gasteiger partial charge in [0, 0.05) is 49.4 Å². The number of amides is 1. The number of carbonyl (C=O) groups excluding carboxylic acids is 1. The van der Waals surface area contributed by atoms with Crippen molar-refractivity contribution in [2.24, 2.45) is 5.92 Å². The van der Waals surface area contributed by atoms with Gasteiger partial charge in [0.15, 0.2) is 0 Å². The van der Waals surface area contributed by atoms with E-state index in [2.05, 4.69) is 66.4 Å². The van der Waals surface area contributed by atoms with Gasteiger partial charge in [0.2, 0.25) is 0 Å².